The minimum absolute atomic E-state index is 0.00796. The van der Waals surface area contributed by atoms with Gasteiger partial charge in [0.05, 0.1) is 0 Å². The largest absolute Gasteiger partial charge is 0.417 e. The lowest BCUT2D eigenvalue weighted by atomic mass is 9.40. The van der Waals surface area contributed by atoms with Gasteiger partial charge < -0.3 is 15.4 Å². The summed E-state index contributed by atoms with van der Waals surface area (Å²) in [6.07, 6.45) is 7.28. The van der Waals surface area contributed by atoms with E-state index in [2.05, 4.69) is 20.4 Å². The van der Waals surface area contributed by atoms with Gasteiger partial charge >= 0.3 is 12.6 Å². The van der Waals surface area contributed by atoms with E-state index in [0.717, 1.165) is 18.8 Å². The molecule has 1 aromatic heterocycles. The van der Waals surface area contributed by atoms with Gasteiger partial charge in [0.15, 0.2) is 0 Å². The number of carbonyl (C=O) groups is 1. The highest BCUT2D eigenvalue weighted by Gasteiger charge is 2.71. The molecule has 23 heavy (non-hydrogen) atoms. The van der Waals surface area contributed by atoms with Crippen LogP contribution in [0.1, 0.15) is 37.7 Å². The number of hydrogen-bond donors (Lipinski definition) is 2. The number of nitrogens with one attached hydrogen (secondary N) is 2. The second-order valence-corrected chi connectivity index (χ2v) is 7.03. The zero-order chi connectivity index (χ0) is 16.1. The van der Waals surface area contributed by atoms with Crippen molar-refractivity contribution >= 4 is 6.03 Å². The number of halogens is 2. The van der Waals surface area contributed by atoms with Crippen molar-refractivity contribution in [3.63, 3.8) is 0 Å². The number of nitrogens with zero attached hydrogens (tertiary/aromatic N) is 1. The van der Waals surface area contributed by atoms with Crippen molar-refractivity contribution in [3.05, 3.63) is 23.9 Å². The number of urea groups is 1. The standard InChI is InChI=1S/C16H19F2N3O2/c17-13(18)23-12-5-10(1-4-19-12)9-20-14(22)21-16(2-3-16)15-6-11(7-15)8-15/h1,4-5,11,13H,2-3,6-9H2,(H2,20,21,22). The Labute approximate surface area is 132 Å². The van der Waals surface area contributed by atoms with Crippen LogP contribution >= 0.6 is 0 Å². The summed E-state index contributed by atoms with van der Waals surface area (Å²) in [6, 6.07) is 2.87. The van der Waals surface area contributed by atoms with Crippen molar-refractivity contribution in [2.45, 2.75) is 50.8 Å². The summed E-state index contributed by atoms with van der Waals surface area (Å²) in [5.41, 5.74) is 1.04. The normalized spacial score (nSPS) is 29.3. The number of aromatic nitrogens is 1. The van der Waals surface area contributed by atoms with Crippen molar-refractivity contribution in [3.8, 4) is 5.88 Å². The molecule has 0 atom stereocenters. The molecule has 0 spiro atoms. The van der Waals surface area contributed by atoms with E-state index in [1.807, 2.05) is 0 Å². The maximum Gasteiger partial charge on any atom is 0.388 e. The van der Waals surface area contributed by atoms with Gasteiger partial charge in [-0.2, -0.15) is 8.78 Å². The number of hydrogen-bond acceptors (Lipinski definition) is 3. The Hall–Kier alpha value is -1.92. The van der Waals surface area contributed by atoms with Crippen molar-refractivity contribution < 1.29 is 18.3 Å². The summed E-state index contributed by atoms with van der Waals surface area (Å²) in [4.78, 5) is 15.9. The summed E-state index contributed by atoms with van der Waals surface area (Å²) < 4.78 is 28.6. The number of ether oxygens (including phenoxy) is 1. The molecular weight excluding hydrogens is 304 g/mol. The Bertz CT molecular complexity index is 616. The van der Waals surface area contributed by atoms with E-state index in [-0.39, 0.29) is 24.0 Å². The first-order chi connectivity index (χ1) is 11.0. The first-order valence-corrected chi connectivity index (χ1v) is 7.96. The molecule has 2 bridgehead atoms. The minimum Gasteiger partial charge on any atom is -0.417 e. The third kappa shape index (κ3) is 2.52. The molecule has 4 saturated carbocycles. The summed E-state index contributed by atoms with van der Waals surface area (Å²) >= 11 is 0. The number of alkyl halides is 2. The fraction of sp³-hybridized carbons (Fsp3) is 0.625. The smallest absolute Gasteiger partial charge is 0.388 e. The molecular formula is C16H19F2N3O2. The number of pyridine rings is 1. The summed E-state index contributed by atoms with van der Waals surface area (Å²) in [6.45, 7) is -2.66. The molecule has 0 saturated heterocycles. The lowest BCUT2D eigenvalue weighted by Crippen LogP contribution is -2.66. The van der Waals surface area contributed by atoms with Gasteiger partial charge in [-0.15, -0.1) is 0 Å². The van der Waals surface area contributed by atoms with E-state index in [0.29, 0.717) is 11.0 Å². The molecule has 5 rings (SSSR count). The Morgan fingerprint density at radius 1 is 1.39 bits per heavy atom. The number of carbonyl (C=O) groups excluding carboxylic acids is 1. The fourth-order valence-electron chi connectivity index (χ4n) is 4.14. The molecule has 5 nitrogen and oxygen atoms in total. The van der Waals surface area contributed by atoms with Crippen LogP contribution in [0.5, 0.6) is 5.88 Å². The van der Waals surface area contributed by atoms with Crippen LogP contribution < -0.4 is 15.4 Å². The van der Waals surface area contributed by atoms with Crippen LogP contribution in [0.3, 0.4) is 0 Å². The van der Waals surface area contributed by atoms with E-state index in [1.165, 1.54) is 31.5 Å². The summed E-state index contributed by atoms with van der Waals surface area (Å²) in [5.74, 6) is 0.745. The van der Waals surface area contributed by atoms with E-state index in [1.54, 1.807) is 6.07 Å². The SMILES string of the molecule is O=C(NCc1ccnc(OC(F)F)c1)NC1(C23CC(C2)C3)CC1. The van der Waals surface area contributed by atoms with Crippen molar-refractivity contribution in [1.29, 1.82) is 0 Å². The molecule has 2 N–H and O–H groups in total. The highest BCUT2D eigenvalue weighted by atomic mass is 19.3. The van der Waals surface area contributed by atoms with Gasteiger partial charge in [0.2, 0.25) is 5.88 Å². The Morgan fingerprint density at radius 3 is 2.70 bits per heavy atom. The van der Waals surface area contributed by atoms with Crippen molar-refractivity contribution in [2.24, 2.45) is 11.3 Å². The summed E-state index contributed by atoms with van der Waals surface area (Å²) in [5, 5.41) is 5.94. The highest BCUT2D eigenvalue weighted by molar-refractivity contribution is 5.75. The third-order valence-electron chi connectivity index (χ3n) is 5.62. The van der Waals surface area contributed by atoms with Crippen molar-refractivity contribution in [2.75, 3.05) is 0 Å². The molecule has 0 unspecified atom stereocenters. The quantitative estimate of drug-likeness (QED) is 0.846. The molecule has 7 heteroatoms. The third-order valence-corrected chi connectivity index (χ3v) is 5.62. The fourth-order valence-corrected chi connectivity index (χ4v) is 4.14. The van der Waals surface area contributed by atoms with Crippen LogP contribution in [0, 0.1) is 11.3 Å². The van der Waals surface area contributed by atoms with Gasteiger partial charge in [-0.25, -0.2) is 9.78 Å². The maximum absolute atomic E-state index is 12.2. The van der Waals surface area contributed by atoms with Gasteiger partial charge in [-0.05, 0) is 55.1 Å². The predicted molar refractivity (Wildman–Crippen MR) is 78.0 cm³/mol. The molecule has 4 aliphatic rings. The Balaban J connectivity index is 1.30. The van der Waals surface area contributed by atoms with E-state index < -0.39 is 6.61 Å². The molecule has 2 amide bonds. The lowest BCUT2D eigenvalue weighted by Gasteiger charge is -2.66. The number of rotatable bonds is 6. The molecule has 4 fully saturated rings. The second-order valence-electron chi connectivity index (χ2n) is 7.03. The van der Waals surface area contributed by atoms with Gasteiger partial charge in [0.25, 0.3) is 0 Å². The minimum atomic E-state index is -2.91. The van der Waals surface area contributed by atoms with E-state index >= 15 is 0 Å². The van der Waals surface area contributed by atoms with Crippen LogP contribution in [0.4, 0.5) is 13.6 Å². The van der Waals surface area contributed by atoms with Crippen molar-refractivity contribution in [1.82, 2.24) is 15.6 Å². The van der Waals surface area contributed by atoms with Gasteiger partial charge in [-0.1, -0.05) is 0 Å². The maximum atomic E-state index is 12.2. The monoisotopic (exact) mass is 323 g/mol. The van der Waals surface area contributed by atoms with Crippen LogP contribution in [-0.2, 0) is 6.54 Å². The van der Waals surface area contributed by atoms with Gasteiger partial charge in [0.1, 0.15) is 0 Å². The topological polar surface area (TPSA) is 63.2 Å². The van der Waals surface area contributed by atoms with Crippen LogP contribution in [0.2, 0.25) is 0 Å². The zero-order valence-corrected chi connectivity index (χ0v) is 12.6. The molecule has 0 radical (unpaired) electrons. The van der Waals surface area contributed by atoms with E-state index in [9.17, 15) is 13.6 Å². The zero-order valence-electron chi connectivity index (χ0n) is 12.6. The Morgan fingerprint density at radius 2 is 2.13 bits per heavy atom. The molecule has 4 aliphatic carbocycles. The number of amides is 2. The van der Waals surface area contributed by atoms with E-state index in [4.69, 9.17) is 0 Å². The average Bonchev–Trinajstić information content (AvgIpc) is 3.12. The average molecular weight is 323 g/mol. The molecule has 1 aromatic rings. The van der Waals surface area contributed by atoms with Crippen LogP contribution in [0.15, 0.2) is 18.3 Å². The molecule has 124 valence electrons. The van der Waals surface area contributed by atoms with Crippen LogP contribution in [-0.4, -0.2) is 23.2 Å². The first kappa shape index (κ1) is 14.7. The molecule has 1 heterocycles. The second kappa shape index (κ2) is 5.04. The highest BCUT2D eigenvalue weighted by Crippen LogP contribution is 2.74. The molecule has 0 aliphatic heterocycles. The Kier molecular flexibility index (Phi) is 3.21. The van der Waals surface area contributed by atoms with Crippen LogP contribution in [0.25, 0.3) is 0 Å². The molecule has 0 aromatic carbocycles. The lowest BCUT2D eigenvalue weighted by molar-refractivity contribution is -0.140. The summed E-state index contributed by atoms with van der Waals surface area (Å²) in [7, 11) is 0. The first-order valence-electron chi connectivity index (χ1n) is 7.96. The van der Waals surface area contributed by atoms with Gasteiger partial charge in [0, 0.05) is 24.3 Å². The van der Waals surface area contributed by atoms with Gasteiger partial charge in [-0.3, -0.25) is 0 Å². The predicted octanol–water partition coefficient (Wildman–Crippen LogP) is 2.81.